The molecule has 0 atom stereocenters. The van der Waals surface area contributed by atoms with E-state index in [2.05, 4.69) is 22.6 Å². The van der Waals surface area contributed by atoms with Crippen molar-refractivity contribution in [1.29, 1.82) is 0 Å². The molecule has 0 heterocycles. The van der Waals surface area contributed by atoms with Gasteiger partial charge < -0.3 is 19.7 Å². The number of esters is 2. The highest BCUT2D eigenvalue weighted by atomic mass is 16.6. The van der Waals surface area contributed by atoms with Crippen LogP contribution in [-0.2, 0) is 19.1 Å². The van der Waals surface area contributed by atoms with Crippen molar-refractivity contribution < 1.29 is 29.3 Å². The maximum atomic E-state index is 11.6. The molecule has 17 heavy (non-hydrogen) atoms. The predicted octanol–water partition coefficient (Wildman–Crippen LogP) is -0.584. The minimum Gasteiger partial charge on any atom is -0.460 e. The van der Waals surface area contributed by atoms with Crippen molar-refractivity contribution in [3.63, 3.8) is 0 Å². The van der Waals surface area contributed by atoms with Crippen molar-refractivity contribution in [2.75, 3.05) is 26.4 Å². The summed E-state index contributed by atoms with van der Waals surface area (Å²) in [5.41, 5.74) is -2.11. The van der Waals surface area contributed by atoms with E-state index >= 15 is 0 Å². The molecule has 0 radical (unpaired) electrons. The molecule has 0 rings (SSSR count). The molecule has 0 saturated carbocycles. The Kier molecular flexibility index (Phi) is 6.85. The van der Waals surface area contributed by atoms with Crippen LogP contribution in [0.15, 0.2) is 25.3 Å². The fraction of sp³-hybridized carbons (Fsp3) is 0.455. The first-order valence-electron chi connectivity index (χ1n) is 4.87. The van der Waals surface area contributed by atoms with E-state index < -0.39 is 30.6 Å². The number of carbonyl (C=O) groups excluding carboxylic acids is 2. The third-order valence-corrected chi connectivity index (χ3v) is 1.99. The quantitative estimate of drug-likeness (QED) is 0.337. The summed E-state index contributed by atoms with van der Waals surface area (Å²) in [5.74, 6) is -2.12. The van der Waals surface area contributed by atoms with E-state index in [1.54, 1.807) is 0 Å². The number of aliphatic hydroxyl groups excluding tert-OH is 2. The maximum absolute atomic E-state index is 11.6. The van der Waals surface area contributed by atoms with Crippen molar-refractivity contribution >= 4 is 11.9 Å². The van der Waals surface area contributed by atoms with Crippen LogP contribution in [-0.4, -0.2) is 48.6 Å². The molecule has 0 bridgehead atoms. The summed E-state index contributed by atoms with van der Waals surface area (Å²) in [4.78, 5) is 23.1. The topological polar surface area (TPSA) is 93.1 Å². The molecular weight excluding hydrogens is 228 g/mol. The van der Waals surface area contributed by atoms with Crippen molar-refractivity contribution in [2.45, 2.75) is 0 Å². The average Bonchev–Trinajstić information content (AvgIpc) is 2.35. The van der Waals surface area contributed by atoms with Crippen molar-refractivity contribution in [1.82, 2.24) is 0 Å². The Morgan fingerprint density at radius 2 is 1.35 bits per heavy atom. The molecule has 0 saturated heterocycles. The lowest BCUT2D eigenvalue weighted by atomic mass is 9.90. The van der Waals surface area contributed by atoms with Crippen LogP contribution in [0, 0.1) is 5.41 Å². The van der Waals surface area contributed by atoms with Gasteiger partial charge in [0.1, 0.15) is 13.2 Å². The molecule has 0 aliphatic heterocycles. The molecule has 0 spiro atoms. The van der Waals surface area contributed by atoms with Crippen LogP contribution < -0.4 is 0 Å². The van der Waals surface area contributed by atoms with Crippen LogP contribution in [0.5, 0.6) is 0 Å². The summed E-state index contributed by atoms with van der Waals surface area (Å²) in [6.45, 7) is 4.58. The first-order chi connectivity index (χ1) is 8.08. The first-order valence-corrected chi connectivity index (χ1v) is 4.87. The van der Waals surface area contributed by atoms with E-state index in [0.717, 1.165) is 0 Å². The monoisotopic (exact) mass is 244 g/mol. The molecule has 0 aromatic heterocycles. The largest absolute Gasteiger partial charge is 0.460 e. The Morgan fingerprint density at radius 3 is 1.59 bits per heavy atom. The van der Waals surface area contributed by atoms with E-state index in [9.17, 15) is 9.59 Å². The standard InChI is InChI=1S/C11H16O6/c1-3-5-16-9(14)11(7-12,8-13)10(15)17-6-4-2/h3-4,12-13H,1-2,5-8H2. The van der Waals surface area contributed by atoms with Gasteiger partial charge in [0, 0.05) is 0 Å². The highest BCUT2D eigenvalue weighted by Gasteiger charge is 2.48. The SMILES string of the molecule is C=CCOC(=O)C(CO)(CO)C(=O)OCC=C. The highest BCUT2D eigenvalue weighted by Crippen LogP contribution is 2.20. The van der Waals surface area contributed by atoms with Gasteiger partial charge in [-0.1, -0.05) is 25.3 Å². The van der Waals surface area contributed by atoms with E-state index in [4.69, 9.17) is 10.2 Å². The van der Waals surface area contributed by atoms with Crippen molar-refractivity contribution in [2.24, 2.45) is 5.41 Å². The summed E-state index contributed by atoms with van der Waals surface area (Å²) in [5, 5.41) is 18.2. The fourth-order valence-electron chi connectivity index (χ4n) is 0.937. The smallest absolute Gasteiger partial charge is 0.328 e. The Hall–Kier alpha value is -1.66. The number of hydrogen-bond donors (Lipinski definition) is 2. The summed E-state index contributed by atoms with van der Waals surface area (Å²) in [6.07, 6.45) is 2.60. The van der Waals surface area contributed by atoms with E-state index in [-0.39, 0.29) is 13.2 Å². The van der Waals surface area contributed by atoms with E-state index in [1.165, 1.54) is 12.2 Å². The lowest BCUT2D eigenvalue weighted by Gasteiger charge is -2.24. The number of hydrogen-bond acceptors (Lipinski definition) is 6. The van der Waals surface area contributed by atoms with E-state index in [1.807, 2.05) is 0 Å². The molecule has 6 heteroatoms. The van der Waals surface area contributed by atoms with Gasteiger partial charge in [-0.3, -0.25) is 9.59 Å². The summed E-state index contributed by atoms with van der Waals surface area (Å²) in [6, 6.07) is 0. The van der Waals surface area contributed by atoms with Gasteiger partial charge in [0.25, 0.3) is 0 Å². The van der Waals surface area contributed by atoms with Gasteiger partial charge in [-0.15, -0.1) is 0 Å². The number of rotatable bonds is 8. The Morgan fingerprint density at radius 1 is 1.00 bits per heavy atom. The lowest BCUT2D eigenvalue weighted by Crippen LogP contribution is -2.48. The number of ether oxygens (including phenoxy) is 2. The third-order valence-electron chi connectivity index (χ3n) is 1.99. The Balaban J connectivity index is 4.86. The van der Waals surface area contributed by atoms with Crippen LogP contribution in [0.3, 0.4) is 0 Å². The normalized spacial score (nSPS) is 10.5. The molecule has 0 amide bonds. The van der Waals surface area contributed by atoms with Crippen LogP contribution in [0.2, 0.25) is 0 Å². The lowest BCUT2D eigenvalue weighted by molar-refractivity contribution is -0.177. The molecule has 0 unspecified atom stereocenters. The second kappa shape index (κ2) is 7.59. The molecule has 0 aromatic rings. The zero-order valence-electron chi connectivity index (χ0n) is 9.42. The van der Waals surface area contributed by atoms with Gasteiger partial charge >= 0.3 is 11.9 Å². The van der Waals surface area contributed by atoms with E-state index in [0.29, 0.717) is 0 Å². The maximum Gasteiger partial charge on any atom is 0.328 e. The third kappa shape index (κ3) is 3.69. The Labute approximate surface area is 99.1 Å². The minimum absolute atomic E-state index is 0.130. The van der Waals surface area contributed by atoms with Gasteiger partial charge in [-0.25, -0.2) is 0 Å². The van der Waals surface area contributed by atoms with Crippen LogP contribution >= 0.6 is 0 Å². The number of aliphatic hydroxyl groups is 2. The fourth-order valence-corrected chi connectivity index (χ4v) is 0.937. The average molecular weight is 244 g/mol. The van der Waals surface area contributed by atoms with Crippen LogP contribution in [0.1, 0.15) is 0 Å². The van der Waals surface area contributed by atoms with Crippen LogP contribution in [0.4, 0.5) is 0 Å². The van der Waals surface area contributed by atoms with Gasteiger partial charge in [0.2, 0.25) is 5.41 Å². The van der Waals surface area contributed by atoms with Gasteiger partial charge in [-0.05, 0) is 0 Å². The minimum atomic E-state index is -2.11. The molecular formula is C11H16O6. The Bertz CT molecular complexity index is 266. The molecule has 0 fully saturated rings. The van der Waals surface area contributed by atoms with Gasteiger partial charge in [0.15, 0.2) is 0 Å². The zero-order valence-corrected chi connectivity index (χ0v) is 9.42. The highest BCUT2D eigenvalue weighted by molar-refractivity contribution is 6.00. The molecule has 0 aliphatic carbocycles. The summed E-state index contributed by atoms with van der Waals surface area (Å²) in [7, 11) is 0. The van der Waals surface area contributed by atoms with Gasteiger partial charge in [0.05, 0.1) is 13.2 Å². The van der Waals surface area contributed by atoms with Gasteiger partial charge in [-0.2, -0.15) is 0 Å². The molecule has 0 aliphatic rings. The molecule has 6 nitrogen and oxygen atoms in total. The van der Waals surface area contributed by atoms with Crippen molar-refractivity contribution in [3.05, 3.63) is 25.3 Å². The van der Waals surface area contributed by atoms with Crippen LogP contribution in [0.25, 0.3) is 0 Å². The molecule has 0 aromatic carbocycles. The molecule has 96 valence electrons. The predicted molar refractivity (Wildman–Crippen MR) is 58.9 cm³/mol. The summed E-state index contributed by atoms with van der Waals surface area (Å²) < 4.78 is 9.27. The molecule has 2 N–H and O–H groups in total. The zero-order chi connectivity index (χ0) is 13.3. The summed E-state index contributed by atoms with van der Waals surface area (Å²) >= 11 is 0. The second-order valence-corrected chi connectivity index (χ2v) is 3.17. The first kappa shape index (κ1) is 15.3. The number of carbonyl (C=O) groups is 2. The second-order valence-electron chi connectivity index (χ2n) is 3.17. The van der Waals surface area contributed by atoms with Crippen molar-refractivity contribution in [3.8, 4) is 0 Å².